The van der Waals surface area contributed by atoms with Crippen LogP contribution in [0.4, 0.5) is 5.69 Å². The number of nitrogens with zero attached hydrogens (tertiary/aromatic N) is 2. The smallest absolute Gasteiger partial charge is 0.303 e. The molecule has 1 aliphatic heterocycles. The summed E-state index contributed by atoms with van der Waals surface area (Å²) in [6, 6.07) is 14.8. The number of carboxylic acids is 1. The van der Waals surface area contributed by atoms with E-state index in [-0.39, 0.29) is 37.6 Å². The molecule has 0 unspecified atom stereocenters. The van der Waals surface area contributed by atoms with E-state index in [4.69, 9.17) is 14.6 Å². The number of carboxylic acid groups (broad SMARTS) is 1. The van der Waals surface area contributed by atoms with Crippen LogP contribution in [0.1, 0.15) is 48.3 Å². The fraction of sp³-hybridized carbons (Fsp3) is 0.333. The third kappa shape index (κ3) is 7.12. The highest BCUT2D eigenvalue weighted by atomic mass is 32.2. The van der Waals surface area contributed by atoms with Gasteiger partial charge in [0.05, 0.1) is 25.2 Å². The van der Waals surface area contributed by atoms with Crippen molar-refractivity contribution in [3.05, 3.63) is 71.5 Å². The van der Waals surface area contributed by atoms with E-state index in [9.17, 15) is 14.7 Å². The number of aromatic nitrogens is 3. The van der Waals surface area contributed by atoms with E-state index in [1.54, 1.807) is 18.2 Å². The molecule has 2 heterocycles. The first-order chi connectivity index (χ1) is 17.0. The van der Waals surface area contributed by atoms with E-state index < -0.39 is 12.3 Å². The zero-order chi connectivity index (χ0) is 24.6. The van der Waals surface area contributed by atoms with Gasteiger partial charge in [-0.05, 0) is 23.3 Å². The predicted molar refractivity (Wildman–Crippen MR) is 127 cm³/mol. The third-order valence-corrected chi connectivity index (χ3v) is 6.43. The van der Waals surface area contributed by atoms with E-state index >= 15 is 0 Å². The zero-order valence-electron chi connectivity index (χ0n) is 18.8. The Morgan fingerprint density at radius 3 is 2.66 bits per heavy atom. The molecular formula is C24H26N4O6S. The Balaban J connectivity index is 1.50. The highest BCUT2D eigenvalue weighted by molar-refractivity contribution is 7.99. The highest BCUT2D eigenvalue weighted by Gasteiger charge is 2.32. The number of ether oxygens (including phenoxy) is 2. The molecule has 35 heavy (non-hydrogen) atoms. The maximum atomic E-state index is 12.1. The van der Waals surface area contributed by atoms with Crippen molar-refractivity contribution in [1.82, 2.24) is 15.2 Å². The second-order valence-corrected chi connectivity index (χ2v) is 9.03. The molecule has 3 aromatic rings. The number of hydrogen-bond donors (Lipinski definition) is 4. The van der Waals surface area contributed by atoms with Crippen LogP contribution >= 0.6 is 11.8 Å². The Hall–Kier alpha value is -3.25. The molecule has 11 heteroatoms. The van der Waals surface area contributed by atoms with Crippen LogP contribution in [-0.2, 0) is 25.7 Å². The summed E-state index contributed by atoms with van der Waals surface area (Å²) in [5, 5.41) is 28.3. The number of carbonyl (C=O) groups excluding carboxylic acids is 1. The number of hydrogen-bond acceptors (Lipinski definition) is 8. The van der Waals surface area contributed by atoms with Crippen LogP contribution in [0.25, 0.3) is 0 Å². The van der Waals surface area contributed by atoms with Gasteiger partial charge in [-0.2, -0.15) is 5.10 Å². The summed E-state index contributed by atoms with van der Waals surface area (Å²) in [5.74, 6) is -0.769. The molecule has 4 rings (SSSR count). The van der Waals surface area contributed by atoms with Gasteiger partial charge in [0, 0.05) is 29.8 Å². The van der Waals surface area contributed by atoms with Gasteiger partial charge in [-0.25, -0.2) is 4.98 Å². The maximum absolute atomic E-state index is 12.1. The molecule has 1 saturated heterocycles. The molecule has 0 bridgehead atoms. The van der Waals surface area contributed by atoms with E-state index in [2.05, 4.69) is 20.5 Å². The summed E-state index contributed by atoms with van der Waals surface area (Å²) >= 11 is 1.51. The van der Waals surface area contributed by atoms with Gasteiger partial charge in [0.25, 0.3) is 0 Å². The van der Waals surface area contributed by atoms with E-state index in [1.165, 1.54) is 18.1 Å². The van der Waals surface area contributed by atoms with Crippen LogP contribution < -0.4 is 5.32 Å². The Morgan fingerprint density at radius 1 is 1.11 bits per heavy atom. The summed E-state index contributed by atoms with van der Waals surface area (Å²) in [7, 11) is 0. The Labute approximate surface area is 206 Å². The number of carbonyl (C=O) groups is 2. The van der Waals surface area contributed by atoms with Gasteiger partial charge in [-0.1, -0.05) is 48.2 Å². The number of anilines is 1. The fourth-order valence-corrected chi connectivity index (χ4v) is 4.46. The van der Waals surface area contributed by atoms with Crippen molar-refractivity contribution < 1.29 is 29.3 Å². The Morgan fingerprint density at radius 2 is 1.94 bits per heavy atom. The van der Waals surface area contributed by atoms with Gasteiger partial charge in [0.1, 0.15) is 6.33 Å². The third-order valence-electron chi connectivity index (χ3n) is 5.42. The van der Waals surface area contributed by atoms with Crippen molar-refractivity contribution in [3.8, 4) is 0 Å². The molecule has 0 aliphatic carbocycles. The van der Waals surface area contributed by atoms with Crippen molar-refractivity contribution in [2.24, 2.45) is 0 Å². The second kappa shape index (κ2) is 11.9. The molecule has 1 fully saturated rings. The maximum Gasteiger partial charge on any atom is 0.303 e. The van der Waals surface area contributed by atoms with Crippen LogP contribution in [0.3, 0.4) is 0 Å². The first-order valence-corrected chi connectivity index (χ1v) is 12.1. The van der Waals surface area contributed by atoms with Crippen LogP contribution in [0.5, 0.6) is 0 Å². The van der Waals surface area contributed by atoms with Crippen molar-refractivity contribution >= 4 is 29.3 Å². The number of aromatic amines is 1. The lowest BCUT2D eigenvalue weighted by Gasteiger charge is -2.36. The number of amides is 1. The molecule has 0 saturated carbocycles. The molecule has 184 valence electrons. The van der Waals surface area contributed by atoms with Gasteiger partial charge >= 0.3 is 5.97 Å². The molecule has 1 aliphatic rings. The Kier molecular flexibility index (Phi) is 8.48. The average molecular weight is 499 g/mol. The van der Waals surface area contributed by atoms with E-state index in [0.717, 1.165) is 16.7 Å². The predicted octanol–water partition coefficient (Wildman–Crippen LogP) is 3.44. The number of thioether (sulfide) groups is 1. The quantitative estimate of drug-likeness (QED) is 0.309. The summed E-state index contributed by atoms with van der Waals surface area (Å²) < 4.78 is 12.6. The van der Waals surface area contributed by atoms with Gasteiger partial charge in [0.2, 0.25) is 5.91 Å². The van der Waals surface area contributed by atoms with Crippen LogP contribution in [-0.4, -0.2) is 49.1 Å². The molecular weight excluding hydrogens is 472 g/mol. The molecule has 0 spiro atoms. The molecule has 1 amide bonds. The first-order valence-electron chi connectivity index (χ1n) is 11.1. The van der Waals surface area contributed by atoms with Gasteiger partial charge in [-0.3, -0.25) is 14.7 Å². The minimum atomic E-state index is -1.02. The molecule has 1 aromatic heterocycles. The number of rotatable bonds is 10. The topological polar surface area (TPSA) is 147 Å². The summed E-state index contributed by atoms with van der Waals surface area (Å²) in [6.07, 6.45) is 0.669. The number of H-pyrrole nitrogens is 1. The Bertz CT molecular complexity index is 1130. The average Bonchev–Trinajstić information content (AvgIpc) is 3.40. The minimum absolute atomic E-state index is 0.0288. The lowest BCUT2D eigenvalue weighted by Crippen LogP contribution is -2.31. The first kappa shape index (κ1) is 24.9. The van der Waals surface area contributed by atoms with Gasteiger partial charge in [0.15, 0.2) is 11.4 Å². The van der Waals surface area contributed by atoms with Crippen LogP contribution in [0.2, 0.25) is 0 Å². The second-order valence-electron chi connectivity index (χ2n) is 8.02. The molecule has 2 aromatic carbocycles. The normalized spacial score (nSPS) is 19.9. The minimum Gasteiger partial charge on any atom is -0.481 e. The number of aliphatic hydroxyl groups is 1. The van der Waals surface area contributed by atoms with Gasteiger partial charge in [-0.15, -0.1) is 0 Å². The van der Waals surface area contributed by atoms with Crippen molar-refractivity contribution in [2.75, 3.05) is 11.1 Å². The monoisotopic (exact) mass is 498 g/mol. The van der Waals surface area contributed by atoms with Crippen LogP contribution in [0, 0.1) is 0 Å². The number of nitrogens with one attached hydrogen (secondary N) is 2. The molecule has 0 radical (unpaired) electrons. The summed E-state index contributed by atoms with van der Waals surface area (Å²) in [4.78, 5) is 26.9. The lowest BCUT2D eigenvalue weighted by molar-refractivity contribution is -0.245. The molecule has 3 atom stereocenters. The van der Waals surface area contributed by atoms with Gasteiger partial charge < -0.3 is 25.0 Å². The SMILES string of the molecule is O=C(O)CCC(=O)Nc1cccc([C@@H]2O[C@H](CSc3ncn[nH]3)C[C@H](c3ccc(CO)cc3)O2)c1. The number of aliphatic hydroxyl groups excluding tert-OH is 1. The van der Waals surface area contributed by atoms with Crippen LogP contribution in [0.15, 0.2) is 60.0 Å². The molecule has 10 nitrogen and oxygen atoms in total. The summed E-state index contributed by atoms with van der Waals surface area (Å²) in [6.45, 7) is -0.0288. The zero-order valence-corrected chi connectivity index (χ0v) is 19.6. The molecule has 4 N–H and O–H groups in total. The summed E-state index contributed by atoms with van der Waals surface area (Å²) in [5.41, 5.74) is 3.06. The number of benzene rings is 2. The standard InChI is InChI=1S/C24H26N4O6S/c29-12-15-4-6-16(7-5-15)20-11-19(13-35-24-25-14-26-28-24)33-23(34-20)17-2-1-3-18(10-17)27-21(30)8-9-22(31)32/h1-7,10,14,19-20,23,29H,8-9,11-13H2,(H,27,30)(H,31,32)(H,25,26,28)/t19-,20+,23+/m0/s1. The largest absolute Gasteiger partial charge is 0.481 e. The van der Waals surface area contributed by atoms with Crippen molar-refractivity contribution in [3.63, 3.8) is 0 Å². The fourth-order valence-electron chi connectivity index (χ4n) is 3.67. The lowest BCUT2D eigenvalue weighted by atomic mass is 10.0. The van der Waals surface area contributed by atoms with Crippen molar-refractivity contribution in [1.29, 1.82) is 0 Å². The van der Waals surface area contributed by atoms with E-state index in [1.807, 2.05) is 30.3 Å². The van der Waals surface area contributed by atoms with Crippen molar-refractivity contribution in [2.45, 2.75) is 49.5 Å². The number of aliphatic carboxylic acids is 1. The highest BCUT2D eigenvalue weighted by Crippen LogP contribution is 2.39. The van der Waals surface area contributed by atoms with E-state index in [0.29, 0.717) is 23.0 Å².